The van der Waals surface area contributed by atoms with E-state index in [0.717, 1.165) is 11.1 Å². The molecule has 0 aliphatic heterocycles. The quantitative estimate of drug-likeness (QED) is 0.694. The van der Waals surface area contributed by atoms with Gasteiger partial charge in [-0.25, -0.2) is 9.18 Å². The lowest BCUT2D eigenvalue weighted by Crippen LogP contribution is -2.38. The van der Waals surface area contributed by atoms with E-state index in [1.807, 2.05) is 36.4 Å². The second kappa shape index (κ2) is 8.29. The first-order valence-corrected chi connectivity index (χ1v) is 8.40. The van der Waals surface area contributed by atoms with E-state index in [4.69, 9.17) is 0 Å². The summed E-state index contributed by atoms with van der Waals surface area (Å²) in [6, 6.07) is 24.2. The second-order valence-corrected chi connectivity index (χ2v) is 5.86. The number of benzene rings is 3. The predicted molar refractivity (Wildman–Crippen MR) is 99.6 cm³/mol. The van der Waals surface area contributed by atoms with E-state index in [1.54, 1.807) is 0 Å². The van der Waals surface area contributed by atoms with Gasteiger partial charge < -0.3 is 10.6 Å². The van der Waals surface area contributed by atoms with Crippen LogP contribution in [0.5, 0.6) is 0 Å². The fraction of sp³-hybridized carbons (Fsp3) is 0.190. The van der Waals surface area contributed by atoms with Gasteiger partial charge in [0, 0.05) is 19.0 Å². The molecule has 0 radical (unpaired) electrons. The molecular weight excluding hydrogens is 315 g/mol. The second-order valence-electron chi connectivity index (χ2n) is 5.86. The van der Waals surface area contributed by atoms with E-state index >= 15 is 0 Å². The Morgan fingerprint density at radius 2 is 1.60 bits per heavy atom. The van der Waals surface area contributed by atoms with Crippen molar-refractivity contribution in [2.45, 2.75) is 5.92 Å². The fourth-order valence-corrected chi connectivity index (χ4v) is 3.07. The van der Waals surface area contributed by atoms with E-state index < -0.39 is 6.67 Å². The Kier molecular flexibility index (Phi) is 5.62. The molecule has 0 heterocycles. The van der Waals surface area contributed by atoms with Crippen LogP contribution in [0.1, 0.15) is 17.0 Å². The normalized spacial score (nSPS) is 11.9. The van der Waals surface area contributed by atoms with Crippen molar-refractivity contribution in [1.82, 2.24) is 10.6 Å². The third-order valence-electron chi connectivity index (χ3n) is 4.25. The Balaban J connectivity index is 1.92. The highest BCUT2D eigenvalue weighted by molar-refractivity contribution is 5.86. The minimum Gasteiger partial charge on any atom is -0.337 e. The zero-order valence-corrected chi connectivity index (χ0v) is 13.9. The number of carbonyl (C=O) groups excluding carboxylic acids is 1. The highest BCUT2D eigenvalue weighted by Gasteiger charge is 2.17. The number of fused-ring (bicyclic) bond motifs is 1. The summed E-state index contributed by atoms with van der Waals surface area (Å²) in [6.45, 7) is -0.106. The minimum atomic E-state index is -0.571. The maximum absolute atomic E-state index is 12.2. The van der Waals surface area contributed by atoms with Gasteiger partial charge in [0.15, 0.2) is 0 Å². The lowest BCUT2D eigenvalue weighted by Gasteiger charge is -2.21. The van der Waals surface area contributed by atoms with Gasteiger partial charge in [-0.3, -0.25) is 0 Å². The molecule has 0 aliphatic carbocycles. The SMILES string of the molecule is O=C(NCCF)NCC(c1ccccc1)c1cccc2ccccc12. The molecule has 2 amide bonds. The zero-order chi connectivity index (χ0) is 17.5. The molecule has 0 spiro atoms. The largest absolute Gasteiger partial charge is 0.337 e. The zero-order valence-electron chi connectivity index (χ0n) is 13.9. The van der Waals surface area contributed by atoms with Crippen molar-refractivity contribution in [3.63, 3.8) is 0 Å². The van der Waals surface area contributed by atoms with Crippen LogP contribution in [0.25, 0.3) is 10.8 Å². The van der Waals surface area contributed by atoms with E-state index in [1.165, 1.54) is 10.8 Å². The molecule has 4 heteroatoms. The molecule has 2 N–H and O–H groups in total. The van der Waals surface area contributed by atoms with Crippen LogP contribution < -0.4 is 10.6 Å². The number of nitrogens with one attached hydrogen (secondary N) is 2. The van der Waals surface area contributed by atoms with Gasteiger partial charge in [-0.2, -0.15) is 0 Å². The molecule has 128 valence electrons. The van der Waals surface area contributed by atoms with Gasteiger partial charge in [0.1, 0.15) is 6.67 Å². The molecular formula is C21H21FN2O. The van der Waals surface area contributed by atoms with Gasteiger partial charge in [0.25, 0.3) is 0 Å². The lowest BCUT2D eigenvalue weighted by atomic mass is 9.88. The van der Waals surface area contributed by atoms with Gasteiger partial charge in [0.2, 0.25) is 0 Å². The molecule has 0 bridgehead atoms. The van der Waals surface area contributed by atoms with Crippen molar-refractivity contribution in [2.24, 2.45) is 0 Å². The van der Waals surface area contributed by atoms with Crippen LogP contribution in [-0.4, -0.2) is 25.8 Å². The Hall–Kier alpha value is -2.88. The summed E-state index contributed by atoms with van der Waals surface area (Å²) in [5, 5.41) is 7.71. The Morgan fingerprint density at radius 1 is 0.880 bits per heavy atom. The summed E-state index contributed by atoms with van der Waals surface area (Å²) in [5.41, 5.74) is 2.29. The van der Waals surface area contributed by atoms with Gasteiger partial charge in [0.05, 0.1) is 0 Å². The maximum atomic E-state index is 12.2. The average molecular weight is 336 g/mol. The van der Waals surface area contributed by atoms with E-state index in [9.17, 15) is 9.18 Å². The number of hydrogen-bond donors (Lipinski definition) is 2. The van der Waals surface area contributed by atoms with Gasteiger partial charge in [-0.05, 0) is 21.9 Å². The van der Waals surface area contributed by atoms with E-state index in [0.29, 0.717) is 6.54 Å². The van der Waals surface area contributed by atoms with Crippen molar-refractivity contribution in [3.05, 3.63) is 83.9 Å². The summed E-state index contributed by atoms with van der Waals surface area (Å²) in [7, 11) is 0. The fourth-order valence-electron chi connectivity index (χ4n) is 3.07. The first-order valence-electron chi connectivity index (χ1n) is 8.40. The molecule has 3 nitrogen and oxygen atoms in total. The van der Waals surface area contributed by atoms with Crippen molar-refractivity contribution < 1.29 is 9.18 Å². The smallest absolute Gasteiger partial charge is 0.314 e. The van der Waals surface area contributed by atoms with Crippen LogP contribution in [0.4, 0.5) is 9.18 Å². The number of urea groups is 1. The summed E-state index contributed by atoms with van der Waals surface area (Å²) in [6.07, 6.45) is 0. The highest BCUT2D eigenvalue weighted by atomic mass is 19.1. The maximum Gasteiger partial charge on any atom is 0.314 e. The predicted octanol–water partition coefficient (Wildman–Crippen LogP) is 4.24. The highest BCUT2D eigenvalue weighted by Crippen LogP contribution is 2.30. The standard InChI is InChI=1S/C21H21FN2O/c22-13-14-23-21(25)24-15-20(17-7-2-1-3-8-17)19-12-6-10-16-9-4-5-11-18(16)19/h1-12,20H,13-15H2,(H2,23,24,25). The summed E-state index contributed by atoms with van der Waals surface area (Å²) in [4.78, 5) is 11.8. The topological polar surface area (TPSA) is 41.1 Å². The van der Waals surface area contributed by atoms with Crippen molar-refractivity contribution in [2.75, 3.05) is 19.8 Å². The number of alkyl halides is 1. The third-order valence-corrected chi connectivity index (χ3v) is 4.25. The van der Waals surface area contributed by atoms with Crippen LogP contribution in [0.3, 0.4) is 0 Å². The van der Waals surface area contributed by atoms with Crippen LogP contribution in [-0.2, 0) is 0 Å². The van der Waals surface area contributed by atoms with E-state index in [-0.39, 0.29) is 18.5 Å². The molecule has 0 saturated heterocycles. The molecule has 0 fully saturated rings. The minimum absolute atomic E-state index is 0.0171. The number of hydrogen-bond acceptors (Lipinski definition) is 1. The van der Waals surface area contributed by atoms with Crippen molar-refractivity contribution >= 4 is 16.8 Å². The van der Waals surface area contributed by atoms with Crippen LogP contribution >= 0.6 is 0 Å². The molecule has 0 saturated carbocycles. The van der Waals surface area contributed by atoms with Crippen molar-refractivity contribution in [1.29, 1.82) is 0 Å². The summed E-state index contributed by atoms with van der Waals surface area (Å²) < 4.78 is 12.2. The monoisotopic (exact) mass is 336 g/mol. The number of rotatable bonds is 6. The molecule has 1 atom stereocenters. The van der Waals surface area contributed by atoms with Gasteiger partial charge in [-0.15, -0.1) is 0 Å². The molecule has 0 aliphatic rings. The van der Waals surface area contributed by atoms with Crippen LogP contribution in [0.2, 0.25) is 0 Å². The average Bonchev–Trinajstić information content (AvgIpc) is 2.67. The first-order chi connectivity index (χ1) is 12.3. The van der Waals surface area contributed by atoms with Gasteiger partial charge >= 0.3 is 6.03 Å². The van der Waals surface area contributed by atoms with Gasteiger partial charge in [-0.1, -0.05) is 72.8 Å². The van der Waals surface area contributed by atoms with Crippen LogP contribution in [0.15, 0.2) is 72.8 Å². The lowest BCUT2D eigenvalue weighted by molar-refractivity contribution is 0.239. The van der Waals surface area contributed by atoms with Crippen molar-refractivity contribution in [3.8, 4) is 0 Å². The molecule has 3 rings (SSSR count). The Morgan fingerprint density at radius 3 is 2.40 bits per heavy atom. The molecule has 3 aromatic carbocycles. The number of amides is 2. The summed E-state index contributed by atoms with van der Waals surface area (Å²) >= 11 is 0. The molecule has 1 unspecified atom stereocenters. The number of halogens is 1. The Labute approximate surface area is 146 Å². The molecule has 25 heavy (non-hydrogen) atoms. The Bertz CT molecular complexity index is 830. The number of carbonyl (C=O) groups is 1. The molecule has 0 aromatic heterocycles. The third kappa shape index (κ3) is 4.15. The van der Waals surface area contributed by atoms with E-state index in [2.05, 4.69) is 47.0 Å². The van der Waals surface area contributed by atoms with Crippen LogP contribution in [0, 0.1) is 0 Å². The summed E-state index contributed by atoms with van der Waals surface area (Å²) in [5.74, 6) is 0.0171. The molecule has 3 aromatic rings. The first kappa shape index (κ1) is 17.0.